The molecule has 3 amide bonds. The topological polar surface area (TPSA) is 58.2 Å². The van der Waals surface area contributed by atoms with Gasteiger partial charge in [0, 0.05) is 13.0 Å². The van der Waals surface area contributed by atoms with Crippen molar-refractivity contribution >= 4 is 11.9 Å². The Morgan fingerprint density at radius 1 is 1.25 bits per heavy atom. The van der Waals surface area contributed by atoms with Gasteiger partial charge in [-0.15, -0.1) is 0 Å². The monoisotopic (exact) mass is 170 g/mol. The fourth-order valence-corrected chi connectivity index (χ4v) is 1.45. The van der Waals surface area contributed by atoms with Gasteiger partial charge in [0.15, 0.2) is 0 Å². The second-order valence-corrected chi connectivity index (χ2v) is 3.14. The highest BCUT2D eigenvalue weighted by Crippen LogP contribution is 2.17. The second kappa shape index (κ2) is 4.09. The van der Waals surface area contributed by atoms with Gasteiger partial charge in [-0.25, -0.2) is 4.79 Å². The second-order valence-electron chi connectivity index (χ2n) is 3.14. The van der Waals surface area contributed by atoms with E-state index >= 15 is 0 Å². The summed E-state index contributed by atoms with van der Waals surface area (Å²) in [5.74, 6) is -0.314. The quantitative estimate of drug-likeness (QED) is 0.610. The third-order valence-corrected chi connectivity index (χ3v) is 1.98. The van der Waals surface area contributed by atoms with E-state index in [1.807, 2.05) is 0 Å². The fourth-order valence-electron chi connectivity index (χ4n) is 1.45. The molecule has 4 heteroatoms. The number of hydrogen-bond acceptors (Lipinski definition) is 2. The Morgan fingerprint density at radius 2 is 1.83 bits per heavy atom. The van der Waals surface area contributed by atoms with E-state index in [9.17, 15) is 9.59 Å². The van der Waals surface area contributed by atoms with Crippen LogP contribution in [0.25, 0.3) is 0 Å². The average molecular weight is 170 g/mol. The molecule has 0 radical (unpaired) electrons. The maximum Gasteiger partial charge on any atom is 0.321 e. The van der Waals surface area contributed by atoms with Crippen molar-refractivity contribution < 1.29 is 9.59 Å². The molecule has 0 unspecified atom stereocenters. The number of hydrogen-bond donors (Lipinski definition) is 2. The van der Waals surface area contributed by atoms with Crippen LogP contribution in [0.1, 0.15) is 32.6 Å². The van der Waals surface area contributed by atoms with E-state index in [4.69, 9.17) is 0 Å². The van der Waals surface area contributed by atoms with Crippen molar-refractivity contribution in [2.24, 2.45) is 0 Å². The highest BCUT2D eigenvalue weighted by Gasteiger charge is 2.16. The third kappa shape index (κ3) is 2.90. The molecule has 1 aliphatic rings. The van der Waals surface area contributed by atoms with Crippen molar-refractivity contribution in [3.63, 3.8) is 0 Å². The molecule has 0 aromatic heterocycles. The Bertz CT molecular complexity index is 185. The normalized spacial score (nSPS) is 17.4. The predicted octanol–water partition coefficient (Wildman–Crippen LogP) is 0.775. The van der Waals surface area contributed by atoms with Gasteiger partial charge in [0.2, 0.25) is 5.91 Å². The summed E-state index contributed by atoms with van der Waals surface area (Å²) < 4.78 is 0. The SMILES string of the molecule is CC(=O)NC(=O)NC1CCCC1. The molecule has 1 fully saturated rings. The zero-order chi connectivity index (χ0) is 8.97. The van der Waals surface area contributed by atoms with E-state index in [1.165, 1.54) is 19.8 Å². The number of imide groups is 1. The summed E-state index contributed by atoms with van der Waals surface area (Å²) in [5.41, 5.74) is 0. The minimum absolute atomic E-state index is 0.268. The first-order chi connectivity index (χ1) is 5.68. The number of carbonyl (C=O) groups is 2. The zero-order valence-corrected chi connectivity index (χ0v) is 7.22. The molecule has 1 aliphatic carbocycles. The van der Waals surface area contributed by atoms with Gasteiger partial charge < -0.3 is 5.32 Å². The molecule has 0 aliphatic heterocycles. The molecule has 1 rings (SSSR count). The summed E-state index contributed by atoms with van der Waals surface area (Å²) >= 11 is 0. The summed E-state index contributed by atoms with van der Waals surface area (Å²) in [6, 6.07) is -0.0984. The van der Waals surface area contributed by atoms with Crippen LogP contribution in [-0.2, 0) is 4.79 Å². The lowest BCUT2D eigenvalue weighted by Crippen LogP contribution is -2.42. The van der Waals surface area contributed by atoms with Crippen molar-refractivity contribution in [3.05, 3.63) is 0 Å². The first-order valence-corrected chi connectivity index (χ1v) is 4.26. The van der Waals surface area contributed by atoms with E-state index in [0.29, 0.717) is 0 Å². The van der Waals surface area contributed by atoms with Crippen LogP contribution in [0.4, 0.5) is 4.79 Å². The molecular weight excluding hydrogens is 156 g/mol. The lowest BCUT2D eigenvalue weighted by molar-refractivity contribution is -0.117. The van der Waals surface area contributed by atoms with Gasteiger partial charge in [0.25, 0.3) is 0 Å². The number of rotatable bonds is 1. The van der Waals surface area contributed by atoms with Crippen LogP contribution < -0.4 is 10.6 Å². The van der Waals surface area contributed by atoms with Crippen molar-refractivity contribution in [1.29, 1.82) is 0 Å². The zero-order valence-electron chi connectivity index (χ0n) is 7.22. The molecular formula is C8H14N2O2. The predicted molar refractivity (Wildman–Crippen MR) is 44.6 cm³/mol. The Kier molecular flexibility index (Phi) is 3.08. The van der Waals surface area contributed by atoms with Crippen LogP contribution in [0.2, 0.25) is 0 Å². The lowest BCUT2D eigenvalue weighted by atomic mass is 10.3. The molecule has 1 saturated carbocycles. The van der Waals surface area contributed by atoms with Gasteiger partial charge in [-0.1, -0.05) is 12.8 Å². The molecule has 0 saturated heterocycles. The van der Waals surface area contributed by atoms with Crippen LogP contribution in [0, 0.1) is 0 Å². The lowest BCUT2D eigenvalue weighted by Gasteiger charge is -2.10. The van der Waals surface area contributed by atoms with Gasteiger partial charge in [0.05, 0.1) is 0 Å². The van der Waals surface area contributed by atoms with E-state index in [2.05, 4.69) is 10.6 Å². The number of nitrogens with one attached hydrogen (secondary N) is 2. The Hall–Kier alpha value is -1.06. The van der Waals surface area contributed by atoms with E-state index in [-0.39, 0.29) is 18.0 Å². The molecule has 0 heterocycles. The minimum Gasteiger partial charge on any atom is -0.335 e. The summed E-state index contributed by atoms with van der Waals surface area (Å²) in [4.78, 5) is 21.4. The van der Waals surface area contributed by atoms with E-state index < -0.39 is 0 Å². The van der Waals surface area contributed by atoms with Gasteiger partial charge in [-0.05, 0) is 12.8 Å². The van der Waals surface area contributed by atoms with Crippen molar-refractivity contribution in [1.82, 2.24) is 10.6 Å². The molecule has 2 N–H and O–H groups in total. The van der Waals surface area contributed by atoms with Crippen LogP contribution in [0.3, 0.4) is 0 Å². The van der Waals surface area contributed by atoms with Gasteiger partial charge in [-0.3, -0.25) is 10.1 Å². The van der Waals surface area contributed by atoms with Gasteiger partial charge >= 0.3 is 6.03 Å². The maximum absolute atomic E-state index is 11.0. The Labute approximate surface area is 71.7 Å². The molecule has 0 atom stereocenters. The molecule has 12 heavy (non-hydrogen) atoms. The largest absolute Gasteiger partial charge is 0.335 e. The summed E-state index contributed by atoms with van der Waals surface area (Å²) in [6.07, 6.45) is 4.41. The minimum atomic E-state index is -0.366. The molecule has 4 nitrogen and oxygen atoms in total. The smallest absolute Gasteiger partial charge is 0.321 e. The van der Waals surface area contributed by atoms with Gasteiger partial charge in [0.1, 0.15) is 0 Å². The summed E-state index contributed by atoms with van der Waals surface area (Å²) in [5, 5.41) is 4.92. The van der Waals surface area contributed by atoms with Crippen molar-refractivity contribution in [2.45, 2.75) is 38.6 Å². The third-order valence-electron chi connectivity index (χ3n) is 1.98. The summed E-state index contributed by atoms with van der Waals surface area (Å²) in [7, 11) is 0. The Balaban J connectivity index is 2.20. The highest BCUT2D eigenvalue weighted by atomic mass is 16.2. The van der Waals surface area contributed by atoms with E-state index in [1.54, 1.807) is 0 Å². The number of amides is 3. The molecule has 0 bridgehead atoms. The first-order valence-electron chi connectivity index (χ1n) is 4.26. The Morgan fingerprint density at radius 3 is 2.33 bits per heavy atom. The van der Waals surface area contributed by atoms with Crippen molar-refractivity contribution in [2.75, 3.05) is 0 Å². The van der Waals surface area contributed by atoms with Crippen LogP contribution in [0.5, 0.6) is 0 Å². The number of urea groups is 1. The molecule has 68 valence electrons. The number of carbonyl (C=O) groups excluding carboxylic acids is 2. The van der Waals surface area contributed by atoms with Crippen LogP contribution in [-0.4, -0.2) is 18.0 Å². The van der Waals surface area contributed by atoms with E-state index in [0.717, 1.165) is 12.8 Å². The molecule has 0 aromatic carbocycles. The molecule has 0 spiro atoms. The van der Waals surface area contributed by atoms with Crippen molar-refractivity contribution in [3.8, 4) is 0 Å². The maximum atomic E-state index is 11.0. The fraction of sp³-hybridized carbons (Fsp3) is 0.750. The standard InChI is InChI=1S/C8H14N2O2/c1-6(11)9-8(12)10-7-4-2-3-5-7/h7H,2-5H2,1H3,(H2,9,10,11,12). The van der Waals surface area contributed by atoms with Crippen LogP contribution >= 0.6 is 0 Å². The molecule has 0 aromatic rings. The van der Waals surface area contributed by atoms with Gasteiger partial charge in [-0.2, -0.15) is 0 Å². The highest BCUT2D eigenvalue weighted by molar-refractivity contribution is 5.93. The average Bonchev–Trinajstić information content (AvgIpc) is 2.37. The first kappa shape index (κ1) is 9.03. The summed E-state index contributed by atoms with van der Waals surface area (Å²) in [6.45, 7) is 1.33. The van der Waals surface area contributed by atoms with Crippen LogP contribution in [0.15, 0.2) is 0 Å².